The molecule has 1 saturated heterocycles. The van der Waals surface area contributed by atoms with Crippen molar-refractivity contribution in [3.05, 3.63) is 29.8 Å². The molecule has 1 aliphatic heterocycles. The maximum atomic E-state index is 12.1. The van der Waals surface area contributed by atoms with E-state index >= 15 is 0 Å². The molecule has 0 unspecified atom stereocenters. The van der Waals surface area contributed by atoms with Gasteiger partial charge in [-0.25, -0.2) is 4.79 Å². The molecule has 2 N–H and O–H groups in total. The first kappa shape index (κ1) is 16.1. The lowest BCUT2D eigenvalue weighted by Gasteiger charge is -2.35. The fourth-order valence-electron chi connectivity index (χ4n) is 3.50. The Balaban J connectivity index is 1.56. The number of anilines is 1. The lowest BCUT2D eigenvalue weighted by Crippen LogP contribution is -2.45. The third-order valence-electron chi connectivity index (χ3n) is 4.97. The van der Waals surface area contributed by atoms with Crippen LogP contribution in [0.4, 0.5) is 10.5 Å². The fraction of sp³-hybridized carbons (Fsp3) is 0.611. The van der Waals surface area contributed by atoms with E-state index in [1.165, 1.54) is 24.1 Å². The fourth-order valence-corrected chi connectivity index (χ4v) is 3.50. The number of nitrogens with zero attached hydrogens (tertiary/aromatic N) is 2. The molecule has 2 fully saturated rings. The molecular formula is C18H28N4O. The number of likely N-dealkylation sites (N-methyl/N-ethyl adjacent to an activating group) is 1. The number of piperazine rings is 1. The Bertz CT molecular complexity index is 520. The molecule has 0 radical (unpaired) electrons. The number of para-hydroxylation sites is 1. The highest BCUT2D eigenvalue weighted by Crippen LogP contribution is 2.22. The number of hydrogen-bond acceptors (Lipinski definition) is 3. The molecule has 1 aliphatic carbocycles. The zero-order valence-electron chi connectivity index (χ0n) is 14.1. The van der Waals surface area contributed by atoms with Crippen LogP contribution in [-0.2, 0) is 6.54 Å². The molecule has 0 atom stereocenters. The molecule has 126 valence electrons. The third-order valence-corrected chi connectivity index (χ3v) is 4.97. The number of urea groups is 1. The molecule has 0 bridgehead atoms. The molecule has 3 rings (SSSR count). The van der Waals surface area contributed by atoms with Crippen LogP contribution in [0.25, 0.3) is 0 Å². The Hall–Kier alpha value is -1.75. The van der Waals surface area contributed by atoms with Gasteiger partial charge in [0.25, 0.3) is 0 Å². The normalized spacial score (nSPS) is 19.8. The second kappa shape index (κ2) is 7.68. The van der Waals surface area contributed by atoms with E-state index in [4.69, 9.17) is 0 Å². The number of rotatable bonds is 4. The number of carbonyl (C=O) groups is 1. The summed E-state index contributed by atoms with van der Waals surface area (Å²) in [5.74, 6) is 0. The Morgan fingerprint density at radius 1 is 1.13 bits per heavy atom. The van der Waals surface area contributed by atoms with Gasteiger partial charge in [0.1, 0.15) is 0 Å². The van der Waals surface area contributed by atoms with Gasteiger partial charge in [0.2, 0.25) is 0 Å². The topological polar surface area (TPSA) is 47.6 Å². The van der Waals surface area contributed by atoms with E-state index in [9.17, 15) is 4.79 Å². The predicted octanol–water partition coefficient (Wildman–Crippen LogP) is 2.18. The molecule has 1 saturated carbocycles. The summed E-state index contributed by atoms with van der Waals surface area (Å²) in [5, 5.41) is 6.11. The Labute approximate surface area is 139 Å². The average Bonchev–Trinajstić information content (AvgIpc) is 3.07. The largest absolute Gasteiger partial charge is 0.369 e. The zero-order chi connectivity index (χ0) is 16.1. The van der Waals surface area contributed by atoms with Crippen molar-refractivity contribution < 1.29 is 4.79 Å². The van der Waals surface area contributed by atoms with Gasteiger partial charge >= 0.3 is 6.03 Å². The second-order valence-electron chi connectivity index (χ2n) is 6.73. The summed E-state index contributed by atoms with van der Waals surface area (Å²) in [5.41, 5.74) is 2.44. The number of hydrogen-bond donors (Lipinski definition) is 2. The van der Waals surface area contributed by atoms with E-state index in [0.717, 1.165) is 39.0 Å². The zero-order valence-corrected chi connectivity index (χ0v) is 14.1. The lowest BCUT2D eigenvalue weighted by atomic mass is 10.1. The number of nitrogens with one attached hydrogen (secondary N) is 2. The van der Waals surface area contributed by atoms with Gasteiger partial charge in [-0.05, 0) is 31.5 Å². The smallest absolute Gasteiger partial charge is 0.315 e. The van der Waals surface area contributed by atoms with Gasteiger partial charge in [0.15, 0.2) is 0 Å². The van der Waals surface area contributed by atoms with E-state index in [1.54, 1.807) is 0 Å². The average molecular weight is 316 g/mol. The predicted molar refractivity (Wildman–Crippen MR) is 93.8 cm³/mol. The first-order valence-corrected chi connectivity index (χ1v) is 8.78. The van der Waals surface area contributed by atoms with E-state index < -0.39 is 0 Å². The SMILES string of the molecule is CN1CCN(c2ccccc2CNC(=O)NC2CCCC2)CC1. The summed E-state index contributed by atoms with van der Waals surface area (Å²) < 4.78 is 0. The summed E-state index contributed by atoms with van der Waals surface area (Å²) >= 11 is 0. The van der Waals surface area contributed by atoms with Crippen LogP contribution >= 0.6 is 0 Å². The molecule has 23 heavy (non-hydrogen) atoms. The monoisotopic (exact) mass is 316 g/mol. The van der Waals surface area contributed by atoms with Crippen LogP contribution in [0, 0.1) is 0 Å². The van der Waals surface area contributed by atoms with Crippen molar-refractivity contribution in [2.75, 3.05) is 38.1 Å². The highest BCUT2D eigenvalue weighted by Gasteiger charge is 2.18. The second-order valence-corrected chi connectivity index (χ2v) is 6.73. The van der Waals surface area contributed by atoms with Crippen LogP contribution in [0.3, 0.4) is 0 Å². The van der Waals surface area contributed by atoms with Gasteiger partial charge in [-0.1, -0.05) is 31.0 Å². The molecular weight excluding hydrogens is 288 g/mol. The van der Waals surface area contributed by atoms with Gasteiger partial charge in [-0.3, -0.25) is 0 Å². The molecule has 5 nitrogen and oxygen atoms in total. The van der Waals surface area contributed by atoms with Crippen LogP contribution in [-0.4, -0.2) is 50.2 Å². The van der Waals surface area contributed by atoms with Crippen LogP contribution < -0.4 is 15.5 Å². The van der Waals surface area contributed by atoms with Crippen LogP contribution in [0.5, 0.6) is 0 Å². The molecule has 1 heterocycles. The highest BCUT2D eigenvalue weighted by molar-refractivity contribution is 5.74. The van der Waals surface area contributed by atoms with Crippen molar-refractivity contribution in [2.45, 2.75) is 38.3 Å². The van der Waals surface area contributed by atoms with Gasteiger partial charge in [0, 0.05) is 44.5 Å². The molecule has 1 aromatic rings. The van der Waals surface area contributed by atoms with E-state index in [0.29, 0.717) is 12.6 Å². The highest BCUT2D eigenvalue weighted by atomic mass is 16.2. The van der Waals surface area contributed by atoms with E-state index in [2.05, 4.69) is 45.7 Å². The first-order valence-electron chi connectivity index (χ1n) is 8.78. The lowest BCUT2D eigenvalue weighted by molar-refractivity contribution is 0.236. The molecule has 1 aromatic carbocycles. The Kier molecular flexibility index (Phi) is 5.39. The molecule has 0 spiro atoms. The Morgan fingerprint density at radius 3 is 2.57 bits per heavy atom. The summed E-state index contributed by atoms with van der Waals surface area (Å²) in [7, 11) is 2.16. The van der Waals surface area contributed by atoms with Crippen molar-refractivity contribution in [2.24, 2.45) is 0 Å². The summed E-state index contributed by atoms with van der Waals surface area (Å²) in [6.45, 7) is 4.85. The van der Waals surface area contributed by atoms with Crippen molar-refractivity contribution in [3.8, 4) is 0 Å². The third kappa shape index (κ3) is 4.38. The summed E-state index contributed by atoms with van der Waals surface area (Å²) in [6.07, 6.45) is 4.70. The molecule has 2 aliphatic rings. The van der Waals surface area contributed by atoms with Crippen LogP contribution in [0.15, 0.2) is 24.3 Å². The molecule has 2 amide bonds. The number of amides is 2. The molecule has 0 aromatic heterocycles. The van der Waals surface area contributed by atoms with Gasteiger partial charge in [-0.15, -0.1) is 0 Å². The van der Waals surface area contributed by atoms with Crippen molar-refractivity contribution in [1.82, 2.24) is 15.5 Å². The van der Waals surface area contributed by atoms with Gasteiger partial charge < -0.3 is 20.4 Å². The van der Waals surface area contributed by atoms with E-state index in [1.807, 2.05) is 6.07 Å². The van der Waals surface area contributed by atoms with Crippen molar-refractivity contribution >= 4 is 11.7 Å². The maximum absolute atomic E-state index is 12.1. The standard InChI is InChI=1S/C18H28N4O/c1-21-10-12-22(13-11-21)17-9-5-2-6-15(17)14-19-18(23)20-16-7-3-4-8-16/h2,5-6,9,16H,3-4,7-8,10-14H2,1H3,(H2,19,20,23). The number of carbonyl (C=O) groups excluding carboxylic acids is 1. The van der Waals surface area contributed by atoms with E-state index in [-0.39, 0.29) is 6.03 Å². The quantitative estimate of drug-likeness (QED) is 0.895. The van der Waals surface area contributed by atoms with Crippen molar-refractivity contribution in [3.63, 3.8) is 0 Å². The minimum atomic E-state index is -0.0370. The van der Waals surface area contributed by atoms with Crippen LogP contribution in [0.1, 0.15) is 31.2 Å². The van der Waals surface area contributed by atoms with Gasteiger partial charge in [0.05, 0.1) is 0 Å². The minimum Gasteiger partial charge on any atom is -0.369 e. The summed E-state index contributed by atoms with van der Waals surface area (Å²) in [6, 6.07) is 8.73. The van der Waals surface area contributed by atoms with Crippen molar-refractivity contribution in [1.29, 1.82) is 0 Å². The summed E-state index contributed by atoms with van der Waals surface area (Å²) in [4.78, 5) is 16.8. The number of benzene rings is 1. The Morgan fingerprint density at radius 2 is 1.83 bits per heavy atom. The maximum Gasteiger partial charge on any atom is 0.315 e. The molecule has 5 heteroatoms. The van der Waals surface area contributed by atoms with Gasteiger partial charge in [-0.2, -0.15) is 0 Å². The first-order chi connectivity index (χ1) is 11.2. The minimum absolute atomic E-state index is 0.0370. The van der Waals surface area contributed by atoms with Crippen LogP contribution in [0.2, 0.25) is 0 Å².